The van der Waals surface area contributed by atoms with Crippen LogP contribution in [0.25, 0.3) is 21.5 Å². The fourth-order valence-electron chi connectivity index (χ4n) is 4.43. The highest BCUT2D eigenvalue weighted by molar-refractivity contribution is 6.08. The highest BCUT2D eigenvalue weighted by atomic mass is 16.7. The zero-order valence-electron chi connectivity index (χ0n) is 24.1. The maximum Gasteiger partial charge on any atom is 0.343 e. The molecule has 0 radical (unpaired) electrons. The SMILES string of the molecule is C=CC(=O)OCOc1ccc(C(=O)Oc2ccc3c(ccc4cc(OC(=O)c5ccc(OC(=O)C=C)c(C)c5)ccc43)c2)cc1. The molecule has 0 spiro atoms. The molecule has 0 saturated heterocycles. The van der Waals surface area contributed by atoms with Crippen molar-refractivity contribution in [2.75, 3.05) is 6.79 Å². The van der Waals surface area contributed by atoms with E-state index in [4.69, 9.17) is 23.7 Å². The zero-order chi connectivity index (χ0) is 31.9. The summed E-state index contributed by atoms with van der Waals surface area (Å²) in [6.07, 6.45) is 2.10. The van der Waals surface area contributed by atoms with Crippen LogP contribution in [-0.2, 0) is 14.3 Å². The minimum Gasteiger partial charge on any atom is -0.457 e. The van der Waals surface area contributed by atoms with Gasteiger partial charge in [-0.2, -0.15) is 0 Å². The van der Waals surface area contributed by atoms with E-state index in [1.54, 1.807) is 61.5 Å². The lowest BCUT2D eigenvalue weighted by atomic mass is 10.0. The number of hydrogen-bond acceptors (Lipinski definition) is 9. The Bertz CT molecular complexity index is 1970. The highest BCUT2D eigenvalue weighted by Crippen LogP contribution is 2.31. The van der Waals surface area contributed by atoms with Crippen molar-refractivity contribution in [3.05, 3.63) is 133 Å². The van der Waals surface area contributed by atoms with Gasteiger partial charge in [0.1, 0.15) is 23.0 Å². The predicted octanol–water partition coefficient (Wildman–Crippen LogP) is 6.90. The lowest BCUT2D eigenvalue weighted by Crippen LogP contribution is -2.10. The average molecular weight is 603 g/mol. The Hall–Kier alpha value is -6.22. The number of carbonyl (C=O) groups is 4. The van der Waals surface area contributed by atoms with Gasteiger partial charge in [0.25, 0.3) is 0 Å². The van der Waals surface area contributed by atoms with E-state index in [1.165, 1.54) is 12.1 Å². The summed E-state index contributed by atoms with van der Waals surface area (Å²) >= 11 is 0. The number of rotatable bonds is 10. The fraction of sp³-hybridized carbons (Fsp3) is 0.0556. The number of esters is 4. The lowest BCUT2D eigenvalue weighted by molar-refractivity contribution is -0.144. The largest absolute Gasteiger partial charge is 0.457 e. The quantitative estimate of drug-likeness (QED) is 0.0554. The molecule has 9 heteroatoms. The minimum absolute atomic E-state index is 0.279. The van der Waals surface area contributed by atoms with Crippen molar-refractivity contribution in [2.24, 2.45) is 0 Å². The fourth-order valence-corrected chi connectivity index (χ4v) is 4.43. The maximum atomic E-state index is 12.8. The second kappa shape index (κ2) is 13.4. The molecule has 0 aromatic heterocycles. The summed E-state index contributed by atoms with van der Waals surface area (Å²) in [7, 11) is 0. The lowest BCUT2D eigenvalue weighted by Gasteiger charge is -2.11. The monoisotopic (exact) mass is 602 g/mol. The van der Waals surface area contributed by atoms with Gasteiger partial charge in [0.05, 0.1) is 11.1 Å². The Morgan fingerprint density at radius 1 is 0.600 bits per heavy atom. The van der Waals surface area contributed by atoms with Crippen molar-refractivity contribution in [3.8, 4) is 23.0 Å². The van der Waals surface area contributed by atoms with Gasteiger partial charge in [-0.1, -0.05) is 37.4 Å². The van der Waals surface area contributed by atoms with Crippen LogP contribution in [-0.4, -0.2) is 30.7 Å². The van der Waals surface area contributed by atoms with E-state index in [-0.39, 0.29) is 6.79 Å². The predicted molar refractivity (Wildman–Crippen MR) is 167 cm³/mol. The Kier molecular flexibility index (Phi) is 9.00. The van der Waals surface area contributed by atoms with Crippen molar-refractivity contribution >= 4 is 45.4 Å². The number of fused-ring (bicyclic) bond motifs is 3. The van der Waals surface area contributed by atoms with Crippen LogP contribution in [0.5, 0.6) is 23.0 Å². The van der Waals surface area contributed by atoms with Crippen LogP contribution in [0.3, 0.4) is 0 Å². The summed E-state index contributed by atoms with van der Waals surface area (Å²) < 4.78 is 26.4. The Morgan fingerprint density at radius 3 is 1.69 bits per heavy atom. The molecule has 0 aliphatic carbocycles. The van der Waals surface area contributed by atoms with Crippen LogP contribution < -0.4 is 18.9 Å². The molecule has 0 aliphatic heterocycles. The molecule has 224 valence electrons. The molecule has 9 nitrogen and oxygen atoms in total. The molecule has 5 aromatic carbocycles. The van der Waals surface area contributed by atoms with Gasteiger partial charge >= 0.3 is 23.9 Å². The van der Waals surface area contributed by atoms with Gasteiger partial charge in [0.15, 0.2) is 0 Å². The second-order valence-corrected chi connectivity index (χ2v) is 9.67. The summed E-state index contributed by atoms with van der Waals surface area (Å²) in [5.74, 6) is -0.808. The first-order chi connectivity index (χ1) is 21.7. The second-order valence-electron chi connectivity index (χ2n) is 9.67. The molecule has 0 unspecified atom stereocenters. The van der Waals surface area contributed by atoms with Crippen LogP contribution in [0.4, 0.5) is 0 Å². The molecule has 0 N–H and O–H groups in total. The summed E-state index contributed by atoms with van der Waals surface area (Å²) in [6, 6.07) is 25.3. The molecule has 0 atom stereocenters. The Labute approximate surface area is 257 Å². The first-order valence-corrected chi connectivity index (χ1v) is 13.6. The normalized spacial score (nSPS) is 10.5. The number of hydrogen-bond donors (Lipinski definition) is 0. The van der Waals surface area contributed by atoms with E-state index < -0.39 is 23.9 Å². The number of benzene rings is 5. The van der Waals surface area contributed by atoms with E-state index in [0.717, 1.165) is 33.7 Å². The summed E-state index contributed by atoms with van der Waals surface area (Å²) in [6.45, 7) is 8.12. The molecular weight excluding hydrogens is 576 g/mol. The van der Waals surface area contributed by atoms with Gasteiger partial charge in [0, 0.05) is 12.2 Å². The highest BCUT2D eigenvalue weighted by Gasteiger charge is 2.14. The third kappa shape index (κ3) is 7.23. The summed E-state index contributed by atoms with van der Waals surface area (Å²) in [4.78, 5) is 48.1. The standard InChI is InChI=1S/C36H26O9/c1-4-33(37)42-21-41-27-11-8-23(9-12-27)35(39)43-28-13-15-30-24(19-28)6-7-25-20-29(14-16-31(25)30)44-36(40)26-10-17-32(22(3)18-26)45-34(38)5-2/h4-20H,1-2,21H2,3H3. The van der Waals surface area contributed by atoms with E-state index in [9.17, 15) is 19.2 Å². The third-order valence-corrected chi connectivity index (χ3v) is 6.67. The van der Waals surface area contributed by atoms with Gasteiger partial charge in [-0.05, 0) is 101 Å². The molecule has 0 fully saturated rings. The molecule has 0 bridgehead atoms. The molecule has 5 rings (SSSR count). The van der Waals surface area contributed by atoms with Crippen molar-refractivity contribution < 1.29 is 42.9 Å². The molecule has 0 saturated carbocycles. The first-order valence-electron chi connectivity index (χ1n) is 13.6. The average Bonchev–Trinajstić information content (AvgIpc) is 3.05. The van der Waals surface area contributed by atoms with Crippen LogP contribution in [0, 0.1) is 6.92 Å². The summed E-state index contributed by atoms with van der Waals surface area (Å²) in [5.41, 5.74) is 1.22. The van der Waals surface area contributed by atoms with Crippen LogP contribution in [0.15, 0.2) is 116 Å². The number of ether oxygens (including phenoxy) is 5. The third-order valence-electron chi connectivity index (χ3n) is 6.67. The Morgan fingerprint density at radius 2 is 1.13 bits per heavy atom. The van der Waals surface area contributed by atoms with Crippen molar-refractivity contribution in [3.63, 3.8) is 0 Å². The van der Waals surface area contributed by atoms with Gasteiger partial charge in [-0.3, -0.25) is 0 Å². The molecule has 5 aromatic rings. The van der Waals surface area contributed by atoms with E-state index in [2.05, 4.69) is 13.2 Å². The van der Waals surface area contributed by atoms with Gasteiger partial charge < -0.3 is 23.7 Å². The van der Waals surface area contributed by atoms with Crippen molar-refractivity contribution in [1.29, 1.82) is 0 Å². The van der Waals surface area contributed by atoms with E-state index >= 15 is 0 Å². The van der Waals surface area contributed by atoms with Crippen molar-refractivity contribution in [2.45, 2.75) is 6.92 Å². The van der Waals surface area contributed by atoms with Crippen LogP contribution in [0.2, 0.25) is 0 Å². The molecular formula is C36H26O9. The van der Waals surface area contributed by atoms with Gasteiger partial charge in [-0.15, -0.1) is 0 Å². The van der Waals surface area contributed by atoms with Gasteiger partial charge in [-0.25, -0.2) is 19.2 Å². The number of carbonyl (C=O) groups excluding carboxylic acids is 4. The van der Waals surface area contributed by atoms with Crippen LogP contribution >= 0.6 is 0 Å². The zero-order valence-corrected chi connectivity index (χ0v) is 24.1. The van der Waals surface area contributed by atoms with E-state index in [0.29, 0.717) is 39.7 Å². The minimum atomic E-state index is -0.602. The van der Waals surface area contributed by atoms with E-state index in [1.807, 2.05) is 24.3 Å². The smallest absolute Gasteiger partial charge is 0.343 e. The first kappa shape index (κ1) is 30.2. The molecule has 45 heavy (non-hydrogen) atoms. The number of aryl methyl sites for hydroxylation is 1. The topological polar surface area (TPSA) is 114 Å². The summed E-state index contributed by atoms with van der Waals surface area (Å²) in [5, 5.41) is 3.54. The molecule has 0 heterocycles. The Balaban J connectivity index is 1.25. The van der Waals surface area contributed by atoms with Crippen molar-refractivity contribution in [1.82, 2.24) is 0 Å². The van der Waals surface area contributed by atoms with Crippen LogP contribution in [0.1, 0.15) is 26.3 Å². The van der Waals surface area contributed by atoms with Gasteiger partial charge in [0.2, 0.25) is 6.79 Å². The molecule has 0 aliphatic rings. The maximum absolute atomic E-state index is 12.8. The molecule has 0 amide bonds.